The molecule has 1 aromatic carbocycles. The zero-order valence-electron chi connectivity index (χ0n) is 15.7. The fraction of sp³-hybridized carbons (Fsp3) is 0.650. The normalized spacial score (nSPS) is 26.6. The molecule has 1 N–H and O–H groups in total. The van der Waals surface area contributed by atoms with Gasteiger partial charge in [-0.15, -0.1) is 12.4 Å². The fourth-order valence-electron chi connectivity index (χ4n) is 4.52. The predicted molar refractivity (Wildman–Crippen MR) is 108 cm³/mol. The highest BCUT2D eigenvalue weighted by atomic mass is 35.5. The van der Waals surface area contributed by atoms with E-state index in [1.807, 2.05) is 11.0 Å². The second-order valence-electron chi connectivity index (χ2n) is 8.21. The van der Waals surface area contributed by atoms with Gasteiger partial charge in [-0.05, 0) is 36.4 Å². The summed E-state index contributed by atoms with van der Waals surface area (Å²) in [6.45, 7) is 11.4. The second-order valence-corrected chi connectivity index (χ2v) is 8.21. The summed E-state index contributed by atoms with van der Waals surface area (Å²) >= 11 is 0. The summed E-state index contributed by atoms with van der Waals surface area (Å²) in [5.74, 6) is 0.255. The van der Waals surface area contributed by atoms with E-state index in [4.69, 9.17) is 0 Å². The first kappa shape index (κ1) is 19.6. The average Bonchev–Trinajstić information content (AvgIpc) is 3.23. The van der Waals surface area contributed by atoms with E-state index in [0.29, 0.717) is 12.0 Å². The number of anilines is 1. The summed E-state index contributed by atoms with van der Waals surface area (Å²) < 4.78 is 0. The molecule has 6 heteroatoms. The van der Waals surface area contributed by atoms with Crippen molar-refractivity contribution in [1.29, 1.82) is 0 Å². The van der Waals surface area contributed by atoms with Gasteiger partial charge in [-0.3, -0.25) is 9.69 Å². The zero-order valence-corrected chi connectivity index (χ0v) is 16.6. The summed E-state index contributed by atoms with van der Waals surface area (Å²) in [7, 11) is 0. The van der Waals surface area contributed by atoms with Gasteiger partial charge in [-0.25, -0.2) is 0 Å². The number of nitrogens with zero attached hydrogens (tertiary/aromatic N) is 3. The van der Waals surface area contributed by atoms with Crippen molar-refractivity contribution < 1.29 is 4.79 Å². The van der Waals surface area contributed by atoms with Crippen molar-refractivity contribution in [2.75, 3.05) is 63.8 Å². The van der Waals surface area contributed by atoms with Gasteiger partial charge in [-0.2, -0.15) is 0 Å². The lowest BCUT2D eigenvalue weighted by Gasteiger charge is -2.38. The third-order valence-corrected chi connectivity index (χ3v) is 6.07. The Morgan fingerprint density at radius 1 is 1.12 bits per heavy atom. The van der Waals surface area contributed by atoms with E-state index in [0.717, 1.165) is 57.9 Å². The van der Waals surface area contributed by atoms with Crippen LogP contribution in [0.5, 0.6) is 0 Å². The van der Waals surface area contributed by atoms with Gasteiger partial charge in [0.05, 0.1) is 6.54 Å². The van der Waals surface area contributed by atoms with Crippen molar-refractivity contribution >= 4 is 24.0 Å². The van der Waals surface area contributed by atoms with Crippen LogP contribution in [0, 0.1) is 5.41 Å². The molecule has 0 aliphatic carbocycles. The van der Waals surface area contributed by atoms with Crippen molar-refractivity contribution in [2.45, 2.75) is 19.8 Å². The second kappa shape index (κ2) is 8.26. The molecule has 3 heterocycles. The van der Waals surface area contributed by atoms with E-state index < -0.39 is 0 Å². The number of piperazine rings is 1. The molecule has 3 aliphatic rings. The lowest BCUT2D eigenvalue weighted by molar-refractivity contribution is -0.120. The zero-order chi connectivity index (χ0) is 17.3. The molecule has 0 aromatic heterocycles. The maximum absolute atomic E-state index is 12.7. The topological polar surface area (TPSA) is 38.8 Å². The predicted octanol–water partition coefficient (Wildman–Crippen LogP) is 1.61. The number of halogens is 1. The van der Waals surface area contributed by atoms with Crippen LogP contribution < -0.4 is 10.2 Å². The molecule has 0 bridgehead atoms. The minimum atomic E-state index is 0. The van der Waals surface area contributed by atoms with Gasteiger partial charge in [0.1, 0.15) is 0 Å². The first-order valence-corrected chi connectivity index (χ1v) is 9.67. The SMILES string of the molecule is CC1(CN2CCN(CC(=O)N3CCc4ccccc43)CC2)CCNC1.Cl. The van der Waals surface area contributed by atoms with Gasteiger partial charge in [0.15, 0.2) is 0 Å². The summed E-state index contributed by atoms with van der Waals surface area (Å²) in [6.07, 6.45) is 2.27. The van der Waals surface area contributed by atoms with Crippen molar-refractivity contribution in [3.63, 3.8) is 0 Å². The maximum atomic E-state index is 12.7. The largest absolute Gasteiger partial charge is 0.316 e. The summed E-state index contributed by atoms with van der Waals surface area (Å²) in [5, 5.41) is 3.49. The number of carbonyl (C=O) groups is 1. The molecule has 144 valence electrons. The highest BCUT2D eigenvalue weighted by Crippen LogP contribution is 2.28. The molecular weight excluding hydrogens is 348 g/mol. The molecule has 0 radical (unpaired) electrons. The molecule has 0 saturated carbocycles. The standard InChI is InChI=1S/C20H30N4O.ClH/c1-20(7-8-21-15-20)16-23-12-10-22(11-13-23)14-19(25)24-9-6-17-4-2-3-5-18(17)24;/h2-5,21H,6-16H2,1H3;1H. The first-order chi connectivity index (χ1) is 12.1. The smallest absolute Gasteiger partial charge is 0.241 e. The molecular formula is C20H31ClN4O. The number of amides is 1. The van der Waals surface area contributed by atoms with Crippen LogP contribution >= 0.6 is 12.4 Å². The number of para-hydroxylation sites is 1. The fourth-order valence-corrected chi connectivity index (χ4v) is 4.52. The monoisotopic (exact) mass is 378 g/mol. The Labute approximate surface area is 163 Å². The summed E-state index contributed by atoms with van der Waals surface area (Å²) in [6, 6.07) is 8.31. The Morgan fingerprint density at radius 3 is 2.58 bits per heavy atom. The molecule has 4 rings (SSSR count). The van der Waals surface area contributed by atoms with Crippen LogP contribution in [0.2, 0.25) is 0 Å². The van der Waals surface area contributed by atoms with Gasteiger partial charge < -0.3 is 15.1 Å². The molecule has 1 aromatic rings. The van der Waals surface area contributed by atoms with Gasteiger partial charge in [0.2, 0.25) is 5.91 Å². The molecule has 5 nitrogen and oxygen atoms in total. The maximum Gasteiger partial charge on any atom is 0.241 e. The average molecular weight is 379 g/mol. The van der Waals surface area contributed by atoms with Crippen molar-refractivity contribution in [1.82, 2.24) is 15.1 Å². The summed E-state index contributed by atoms with van der Waals surface area (Å²) in [5.41, 5.74) is 2.85. The molecule has 3 aliphatic heterocycles. The molecule has 2 saturated heterocycles. The van der Waals surface area contributed by atoms with Gasteiger partial charge >= 0.3 is 0 Å². The third kappa shape index (κ3) is 4.22. The van der Waals surface area contributed by atoms with E-state index >= 15 is 0 Å². The lowest BCUT2D eigenvalue weighted by Crippen LogP contribution is -2.52. The summed E-state index contributed by atoms with van der Waals surface area (Å²) in [4.78, 5) is 19.6. The van der Waals surface area contributed by atoms with Crippen LogP contribution in [-0.4, -0.2) is 74.6 Å². The van der Waals surface area contributed by atoms with E-state index in [-0.39, 0.29) is 18.3 Å². The van der Waals surface area contributed by atoms with Crippen molar-refractivity contribution in [3.8, 4) is 0 Å². The number of hydrogen-bond donors (Lipinski definition) is 1. The minimum absolute atomic E-state index is 0. The van der Waals surface area contributed by atoms with Gasteiger partial charge in [0.25, 0.3) is 0 Å². The van der Waals surface area contributed by atoms with Crippen molar-refractivity contribution in [2.24, 2.45) is 5.41 Å². The Balaban J connectivity index is 0.00000196. The van der Waals surface area contributed by atoms with E-state index in [1.165, 1.54) is 18.5 Å². The molecule has 1 amide bonds. The van der Waals surface area contributed by atoms with Crippen LogP contribution in [0.15, 0.2) is 24.3 Å². The molecule has 0 spiro atoms. The van der Waals surface area contributed by atoms with Crippen LogP contribution in [0.3, 0.4) is 0 Å². The van der Waals surface area contributed by atoms with Crippen LogP contribution in [0.1, 0.15) is 18.9 Å². The quantitative estimate of drug-likeness (QED) is 0.864. The van der Waals surface area contributed by atoms with E-state index in [2.05, 4.69) is 40.2 Å². The van der Waals surface area contributed by atoms with Crippen LogP contribution in [0.25, 0.3) is 0 Å². The molecule has 1 unspecified atom stereocenters. The number of fused-ring (bicyclic) bond motifs is 1. The minimum Gasteiger partial charge on any atom is -0.316 e. The number of benzene rings is 1. The lowest BCUT2D eigenvalue weighted by atomic mass is 9.89. The molecule has 2 fully saturated rings. The van der Waals surface area contributed by atoms with E-state index in [1.54, 1.807) is 0 Å². The highest BCUT2D eigenvalue weighted by Gasteiger charge is 2.32. The Hall–Kier alpha value is -1.14. The van der Waals surface area contributed by atoms with Crippen LogP contribution in [0.4, 0.5) is 5.69 Å². The van der Waals surface area contributed by atoms with Gasteiger partial charge in [-0.1, -0.05) is 25.1 Å². The Morgan fingerprint density at radius 2 is 1.85 bits per heavy atom. The Kier molecular flexibility index (Phi) is 6.23. The number of carbonyl (C=O) groups excluding carboxylic acids is 1. The highest BCUT2D eigenvalue weighted by molar-refractivity contribution is 5.96. The van der Waals surface area contributed by atoms with Crippen molar-refractivity contribution in [3.05, 3.63) is 29.8 Å². The number of rotatable bonds is 4. The number of nitrogens with one attached hydrogen (secondary N) is 1. The van der Waals surface area contributed by atoms with E-state index in [9.17, 15) is 4.79 Å². The number of hydrogen-bond acceptors (Lipinski definition) is 4. The molecule has 26 heavy (non-hydrogen) atoms. The van der Waals surface area contributed by atoms with Crippen LogP contribution in [-0.2, 0) is 11.2 Å². The van der Waals surface area contributed by atoms with Gasteiger partial charge in [0, 0.05) is 51.5 Å². The third-order valence-electron chi connectivity index (χ3n) is 6.07. The Bertz CT molecular complexity index is 624. The first-order valence-electron chi connectivity index (χ1n) is 9.67. The molecule has 1 atom stereocenters.